The van der Waals surface area contributed by atoms with Crippen LogP contribution in [-0.4, -0.2) is 30.8 Å². The Morgan fingerprint density at radius 2 is 2.19 bits per heavy atom. The molecule has 0 atom stereocenters. The second-order valence-electron chi connectivity index (χ2n) is 4.29. The van der Waals surface area contributed by atoms with Crippen LogP contribution in [0.5, 0.6) is 0 Å². The lowest BCUT2D eigenvalue weighted by Crippen LogP contribution is -2.16. The molecule has 3 aromatic heterocycles. The van der Waals surface area contributed by atoms with Crippen molar-refractivity contribution in [2.24, 2.45) is 0 Å². The molecule has 0 saturated carbocycles. The Morgan fingerprint density at radius 3 is 3.00 bits per heavy atom. The van der Waals surface area contributed by atoms with E-state index >= 15 is 0 Å². The number of nitrogens with two attached hydrogens (primary N) is 1. The van der Waals surface area contributed by atoms with Crippen molar-refractivity contribution in [2.75, 3.05) is 11.1 Å². The highest BCUT2D eigenvalue weighted by Gasteiger charge is 2.14. The molecule has 8 nitrogen and oxygen atoms in total. The van der Waals surface area contributed by atoms with E-state index in [0.717, 1.165) is 0 Å². The van der Waals surface area contributed by atoms with E-state index in [0.29, 0.717) is 28.1 Å². The van der Waals surface area contributed by atoms with Crippen molar-refractivity contribution < 1.29 is 4.79 Å². The van der Waals surface area contributed by atoms with Gasteiger partial charge in [-0.25, -0.2) is 4.98 Å². The van der Waals surface area contributed by atoms with Gasteiger partial charge in [-0.3, -0.25) is 15.1 Å². The van der Waals surface area contributed by atoms with Crippen LogP contribution in [-0.2, 0) is 0 Å². The number of fused-ring (bicyclic) bond motifs is 1. The number of aromatic amines is 1. The molecular weight excluding hydrogens is 294 g/mol. The predicted molar refractivity (Wildman–Crippen MR) is 78.0 cm³/mol. The number of carbonyl (C=O) groups is 1. The minimum Gasteiger partial charge on any atom is -0.397 e. The fourth-order valence-corrected chi connectivity index (χ4v) is 2.02. The Bertz CT molecular complexity index is 845. The summed E-state index contributed by atoms with van der Waals surface area (Å²) in [6, 6.07) is 1.53. The standard InChI is InChI=1S/C12H10ClN7O/c1-5-7(2-6(14)3-15-5)11(21)20-12-18-9(13)8-10(19-12)17-4-16-8/h2-4H,14H2,1H3,(H2,16,17,18,19,20,21). The Balaban J connectivity index is 1.94. The summed E-state index contributed by atoms with van der Waals surface area (Å²) in [6.45, 7) is 1.71. The van der Waals surface area contributed by atoms with Crippen molar-refractivity contribution in [2.45, 2.75) is 6.92 Å². The monoisotopic (exact) mass is 303 g/mol. The van der Waals surface area contributed by atoms with Crippen molar-refractivity contribution in [3.63, 3.8) is 0 Å². The second-order valence-corrected chi connectivity index (χ2v) is 4.65. The van der Waals surface area contributed by atoms with Gasteiger partial charge in [0.1, 0.15) is 5.52 Å². The predicted octanol–water partition coefficient (Wildman–Crippen LogP) is 1.54. The van der Waals surface area contributed by atoms with E-state index in [1.165, 1.54) is 18.6 Å². The van der Waals surface area contributed by atoms with E-state index in [-0.39, 0.29) is 11.1 Å². The van der Waals surface area contributed by atoms with Crippen LogP contribution in [0.4, 0.5) is 11.6 Å². The average molecular weight is 304 g/mol. The number of aryl methyl sites for hydroxylation is 1. The number of H-pyrrole nitrogens is 1. The molecule has 0 aliphatic heterocycles. The lowest BCUT2D eigenvalue weighted by molar-refractivity contribution is 0.102. The van der Waals surface area contributed by atoms with Crippen molar-refractivity contribution >= 4 is 40.3 Å². The molecule has 3 rings (SSSR count). The number of anilines is 2. The minimum atomic E-state index is -0.418. The third-order valence-corrected chi connectivity index (χ3v) is 3.09. The van der Waals surface area contributed by atoms with Gasteiger partial charge < -0.3 is 10.7 Å². The van der Waals surface area contributed by atoms with Gasteiger partial charge in [-0.1, -0.05) is 11.6 Å². The van der Waals surface area contributed by atoms with Crippen LogP contribution in [0.2, 0.25) is 5.15 Å². The maximum atomic E-state index is 12.2. The maximum Gasteiger partial charge on any atom is 0.259 e. The van der Waals surface area contributed by atoms with Crippen molar-refractivity contribution in [3.8, 4) is 0 Å². The topological polar surface area (TPSA) is 122 Å². The van der Waals surface area contributed by atoms with Gasteiger partial charge in [0.2, 0.25) is 5.95 Å². The van der Waals surface area contributed by atoms with Crippen LogP contribution < -0.4 is 11.1 Å². The molecular formula is C12H10ClN7O. The van der Waals surface area contributed by atoms with E-state index in [4.69, 9.17) is 17.3 Å². The molecule has 0 aliphatic rings. The Kier molecular flexibility index (Phi) is 3.15. The highest BCUT2D eigenvalue weighted by molar-refractivity contribution is 6.33. The lowest BCUT2D eigenvalue weighted by Gasteiger charge is -2.07. The van der Waals surface area contributed by atoms with Crippen LogP contribution in [0.15, 0.2) is 18.6 Å². The summed E-state index contributed by atoms with van der Waals surface area (Å²) >= 11 is 5.98. The first-order chi connectivity index (χ1) is 10.0. The maximum absolute atomic E-state index is 12.2. The van der Waals surface area contributed by atoms with Gasteiger partial charge in [0.25, 0.3) is 5.91 Å². The van der Waals surface area contributed by atoms with E-state index in [2.05, 4.69) is 30.2 Å². The lowest BCUT2D eigenvalue weighted by atomic mass is 10.2. The Hall–Kier alpha value is -2.74. The van der Waals surface area contributed by atoms with Crippen LogP contribution in [0, 0.1) is 6.92 Å². The molecule has 9 heteroatoms. The summed E-state index contributed by atoms with van der Waals surface area (Å²) in [6.07, 6.45) is 2.93. The zero-order chi connectivity index (χ0) is 15.0. The molecule has 0 spiro atoms. The molecule has 0 unspecified atom stereocenters. The summed E-state index contributed by atoms with van der Waals surface area (Å²) in [4.78, 5) is 31.1. The normalized spacial score (nSPS) is 10.8. The largest absolute Gasteiger partial charge is 0.397 e. The third-order valence-electron chi connectivity index (χ3n) is 2.82. The minimum absolute atomic E-state index is 0.0615. The number of pyridine rings is 1. The molecule has 1 amide bonds. The number of hydrogen-bond acceptors (Lipinski definition) is 6. The number of amides is 1. The van der Waals surface area contributed by atoms with E-state index in [1.54, 1.807) is 6.92 Å². The van der Waals surface area contributed by atoms with Gasteiger partial charge in [0.05, 0.1) is 29.5 Å². The second kappa shape index (κ2) is 4.98. The molecule has 0 saturated heterocycles. The van der Waals surface area contributed by atoms with E-state index in [1.807, 2.05) is 0 Å². The number of nitrogens with one attached hydrogen (secondary N) is 2. The van der Waals surface area contributed by atoms with Crippen LogP contribution in [0.3, 0.4) is 0 Å². The number of nitrogens with zero attached hydrogens (tertiary/aromatic N) is 4. The molecule has 3 heterocycles. The third kappa shape index (κ3) is 2.48. The van der Waals surface area contributed by atoms with Gasteiger partial charge in [0, 0.05) is 0 Å². The summed E-state index contributed by atoms with van der Waals surface area (Å²) in [7, 11) is 0. The highest BCUT2D eigenvalue weighted by Crippen LogP contribution is 2.19. The number of aromatic nitrogens is 5. The molecule has 0 fully saturated rings. The van der Waals surface area contributed by atoms with Gasteiger partial charge in [-0.15, -0.1) is 0 Å². The summed E-state index contributed by atoms with van der Waals surface area (Å²) in [5.74, 6) is -0.357. The fraction of sp³-hybridized carbons (Fsp3) is 0.0833. The van der Waals surface area contributed by atoms with Crippen LogP contribution in [0.25, 0.3) is 11.2 Å². The van der Waals surface area contributed by atoms with Crippen molar-refractivity contribution in [1.29, 1.82) is 0 Å². The summed E-state index contributed by atoms with van der Waals surface area (Å²) < 4.78 is 0. The average Bonchev–Trinajstić information content (AvgIpc) is 2.90. The van der Waals surface area contributed by atoms with Crippen LogP contribution in [0.1, 0.15) is 16.1 Å². The molecule has 3 aromatic rings. The first-order valence-corrected chi connectivity index (χ1v) is 6.32. The zero-order valence-electron chi connectivity index (χ0n) is 10.9. The van der Waals surface area contributed by atoms with Crippen molar-refractivity contribution in [1.82, 2.24) is 24.9 Å². The van der Waals surface area contributed by atoms with Gasteiger partial charge in [0.15, 0.2) is 10.8 Å². The molecule has 21 heavy (non-hydrogen) atoms. The highest BCUT2D eigenvalue weighted by atomic mass is 35.5. The fourth-order valence-electron chi connectivity index (χ4n) is 1.80. The SMILES string of the molecule is Cc1ncc(N)cc1C(=O)Nc1nc(Cl)c2[nH]cnc2n1. The summed E-state index contributed by atoms with van der Waals surface area (Å²) in [5, 5.41) is 2.73. The van der Waals surface area contributed by atoms with Gasteiger partial charge in [-0.05, 0) is 13.0 Å². The first-order valence-electron chi connectivity index (χ1n) is 5.94. The van der Waals surface area contributed by atoms with Gasteiger partial charge in [-0.2, -0.15) is 9.97 Å². The number of carbonyl (C=O) groups excluding carboxylic acids is 1. The number of rotatable bonds is 2. The molecule has 0 bridgehead atoms. The molecule has 0 radical (unpaired) electrons. The Morgan fingerprint density at radius 1 is 1.38 bits per heavy atom. The first kappa shape index (κ1) is 13.3. The number of halogens is 1. The quantitative estimate of drug-likeness (QED) is 0.617. The molecule has 106 valence electrons. The molecule has 0 aromatic carbocycles. The summed E-state index contributed by atoms with van der Waals surface area (Å²) in [5.41, 5.74) is 7.80. The number of imidazole rings is 1. The number of hydrogen-bond donors (Lipinski definition) is 3. The smallest absolute Gasteiger partial charge is 0.259 e. The van der Waals surface area contributed by atoms with Crippen molar-refractivity contribution in [3.05, 3.63) is 35.0 Å². The number of nitrogen functional groups attached to an aromatic ring is 1. The van der Waals surface area contributed by atoms with Crippen LogP contribution >= 0.6 is 11.6 Å². The molecule has 0 aliphatic carbocycles. The van der Waals surface area contributed by atoms with Gasteiger partial charge >= 0.3 is 0 Å². The van der Waals surface area contributed by atoms with E-state index < -0.39 is 5.91 Å². The zero-order valence-corrected chi connectivity index (χ0v) is 11.6. The van der Waals surface area contributed by atoms with E-state index in [9.17, 15) is 4.79 Å². The molecule has 4 N–H and O–H groups in total. The Labute approximate surface area is 123 Å².